The molecule has 2 rings (SSSR count). The zero-order valence-electron chi connectivity index (χ0n) is 14.5. The van der Waals surface area contributed by atoms with E-state index in [9.17, 15) is 33.9 Å². The van der Waals surface area contributed by atoms with E-state index in [4.69, 9.17) is 15.6 Å². The van der Waals surface area contributed by atoms with Crippen molar-refractivity contribution in [2.24, 2.45) is 0 Å². The maximum absolute atomic E-state index is 11.8. The SMILES string of the molecule is CC(O)CP(=O)(O)OP(=O)(O)OC[C@H]1O[C@@H](n2ccc(N)nc2=O)[C@H](O)[C@@H]1O. The highest BCUT2D eigenvalue weighted by atomic mass is 31.3. The molecule has 16 heteroatoms. The molecule has 0 aromatic carbocycles. The highest BCUT2D eigenvalue weighted by Crippen LogP contribution is 2.60. The van der Waals surface area contributed by atoms with Crippen LogP contribution in [0.4, 0.5) is 5.82 Å². The third-order valence-corrected chi connectivity index (χ3v) is 6.90. The Hall–Kier alpha value is -1.18. The molecule has 160 valence electrons. The summed E-state index contributed by atoms with van der Waals surface area (Å²) >= 11 is 0. The normalized spacial score (nSPS) is 30.5. The minimum Gasteiger partial charge on any atom is -0.393 e. The number of phosphoric acid groups is 1. The lowest BCUT2D eigenvalue weighted by Gasteiger charge is -2.20. The number of nitrogens with two attached hydrogens (primary N) is 1. The predicted octanol–water partition coefficient (Wildman–Crippen LogP) is -1.86. The van der Waals surface area contributed by atoms with E-state index in [1.165, 1.54) is 19.2 Å². The van der Waals surface area contributed by atoms with Crippen molar-refractivity contribution in [1.82, 2.24) is 9.55 Å². The average molecular weight is 445 g/mol. The standard InChI is InChI=1S/C12H21N3O11P2/c1-6(16)5-27(20,21)26-28(22,23)24-4-7-9(17)10(18)11(25-7)15-3-2-8(13)14-12(15)19/h2-3,6-7,9-11,16-18H,4-5H2,1H3,(H,20,21)(H,22,23)(H2,13,14,19)/t6?,7-,9-,10-,11-/m1/s1. The van der Waals surface area contributed by atoms with Crippen LogP contribution in [0.1, 0.15) is 13.2 Å². The van der Waals surface area contributed by atoms with Gasteiger partial charge in [0.05, 0.1) is 18.9 Å². The Morgan fingerprint density at radius 2 is 2.00 bits per heavy atom. The first kappa shape index (κ1) is 23.1. The molecule has 0 spiro atoms. The smallest absolute Gasteiger partial charge is 0.393 e. The second kappa shape index (κ2) is 8.67. The van der Waals surface area contributed by atoms with Crippen molar-refractivity contribution in [3.05, 3.63) is 22.7 Å². The van der Waals surface area contributed by atoms with Gasteiger partial charge in [-0.25, -0.2) is 13.7 Å². The number of ether oxygens (including phenoxy) is 1. The van der Waals surface area contributed by atoms with E-state index in [2.05, 4.69) is 13.8 Å². The molecule has 0 aliphatic carbocycles. The van der Waals surface area contributed by atoms with Crippen LogP contribution in [-0.2, 0) is 22.7 Å². The lowest BCUT2D eigenvalue weighted by atomic mass is 10.1. The van der Waals surface area contributed by atoms with Crippen LogP contribution >= 0.6 is 15.4 Å². The molecule has 1 fully saturated rings. The van der Waals surface area contributed by atoms with Gasteiger partial charge in [-0.05, 0) is 13.0 Å². The molecule has 0 bridgehead atoms. The summed E-state index contributed by atoms with van der Waals surface area (Å²) in [6.07, 6.45) is -6.93. The maximum Gasteiger partial charge on any atom is 0.479 e. The van der Waals surface area contributed by atoms with Crippen molar-refractivity contribution in [2.45, 2.75) is 37.6 Å². The first-order chi connectivity index (χ1) is 12.8. The van der Waals surface area contributed by atoms with Gasteiger partial charge in [-0.2, -0.15) is 4.98 Å². The Morgan fingerprint density at radius 3 is 2.57 bits per heavy atom. The molecule has 3 unspecified atom stereocenters. The number of aliphatic hydroxyl groups excluding tert-OH is 3. The molecule has 1 saturated heterocycles. The lowest BCUT2D eigenvalue weighted by Crippen LogP contribution is -2.36. The Morgan fingerprint density at radius 1 is 1.36 bits per heavy atom. The number of anilines is 1. The van der Waals surface area contributed by atoms with Crippen LogP contribution in [0.15, 0.2) is 17.1 Å². The summed E-state index contributed by atoms with van der Waals surface area (Å²) in [5.41, 5.74) is 4.50. The van der Waals surface area contributed by atoms with E-state index < -0.39 is 64.5 Å². The zero-order valence-corrected chi connectivity index (χ0v) is 16.3. The predicted molar refractivity (Wildman–Crippen MR) is 92.1 cm³/mol. The summed E-state index contributed by atoms with van der Waals surface area (Å²) in [4.78, 5) is 34.3. The Bertz CT molecular complexity index is 846. The minimum atomic E-state index is -5.07. The van der Waals surface area contributed by atoms with Gasteiger partial charge in [0.2, 0.25) is 0 Å². The number of hydrogen-bond acceptors (Lipinski definition) is 11. The fourth-order valence-corrected chi connectivity index (χ4v) is 5.18. The number of nitrogen functional groups attached to an aromatic ring is 1. The molecule has 28 heavy (non-hydrogen) atoms. The molecule has 0 saturated carbocycles. The third kappa shape index (κ3) is 5.91. The largest absolute Gasteiger partial charge is 0.479 e. The molecule has 1 aromatic heterocycles. The molecule has 2 heterocycles. The minimum absolute atomic E-state index is 0.0711. The van der Waals surface area contributed by atoms with E-state index in [0.29, 0.717) is 0 Å². The molecule has 1 aliphatic rings. The molecule has 14 nitrogen and oxygen atoms in total. The van der Waals surface area contributed by atoms with Crippen LogP contribution in [0, 0.1) is 0 Å². The molecule has 0 radical (unpaired) electrons. The first-order valence-electron chi connectivity index (χ1n) is 7.86. The van der Waals surface area contributed by atoms with Crippen LogP contribution in [0.2, 0.25) is 0 Å². The van der Waals surface area contributed by atoms with Gasteiger partial charge in [0, 0.05) is 6.20 Å². The third-order valence-electron chi connectivity index (χ3n) is 3.59. The van der Waals surface area contributed by atoms with E-state index in [0.717, 1.165) is 4.57 Å². The number of phosphoric ester groups is 1. The summed E-state index contributed by atoms with van der Waals surface area (Å²) in [5.74, 6) is -0.0711. The van der Waals surface area contributed by atoms with E-state index >= 15 is 0 Å². The molecular formula is C12H21N3O11P2. The topological polar surface area (TPSA) is 224 Å². The highest BCUT2D eigenvalue weighted by molar-refractivity contribution is 7.64. The monoisotopic (exact) mass is 445 g/mol. The quantitative estimate of drug-likeness (QED) is 0.242. The summed E-state index contributed by atoms with van der Waals surface area (Å²) < 4.78 is 38.3. The average Bonchev–Trinajstić information content (AvgIpc) is 2.79. The summed E-state index contributed by atoms with van der Waals surface area (Å²) in [7, 11) is -9.71. The Balaban J connectivity index is 2.04. The second-order valence-electron chi connectivity index (χ2n) is 6.10. The molecular weight excluding hydrogens is 424 g/mol. The maximum atomic E-state index is 11.8. The summed E-state index contributed by atoms with van der Waals surface area (Å²) in [6, 6.07) is 1.25. The second-order valence-corrected chi connectivity index (χ2v) is 9.59. The van der Waals surface area contributed by atoms with Gasteiger partial charge in [0.25, 0.3) is 0 Å². The van der Waals surface area contributed by atoms with E-state index in [1.54, 1.807) is 0 Å². The van der Waals surface area contributed by atoms with Crippen LogP contribution in [0.3, 0.4) is 0 Å². The summed E-state index contributed by atoms with van der Waals surface area (Å²) in [5, 5.41) is 29.2. The molecule has 7 N–H and O–H groups in total. The number of aromatic nitrogens is 2. The van der Waals surface area contributed by atoms with E-state index in [-0.39, 0.29) is 5.82 Å². The fourth-order valence-electron chi connectivity index (χ4n) is 2.44. The number of rotatable bonds is 8. The zero-order chi connectivity index (χ0) is 21.3. The van der Waals surface area contributed by atoms with Gasteiger partial charge < -0.3 is 35.6 Å². The molecule has 1 aliphatic heterocycles. The van der Waals surface area contributed by atoms with Gasteiger partial charge >= 0.3 is 21.1 Å². The van der Waals surface area contributed by atoms with Crippen LogP contribution in [0.5, 0.6) is 0 Å². The molecule has 7 atom stereocenters. The van der Waals surface area contributed by atoms with Crippen molar-refractivity contribution in [2.75, 3.05) is 18.5 Å². The lowest BCUT2D eigenvalue weighted by molar-refractivity contribution is -0.0540. The molecule has 1 aromatic rings. The Labute approximate surface area is 158 Å². The highest BCUT2D eigenvalue weighted by Gasteiger charge is 2.45. The van der Waals surface area contributed by atoms with Gasteiger partial charge in [0.1, 0.15) is 24.1 Å². The summed E-state index contributed by atoms with van der Waals surface area (Å²) in [6.45, 7) is 0.349. The van der Waals surface area contributed by atoms with Gasteiger partial charge in [-0.15, -0.1) is 0 Å². The number of aliphatic hydroxyl groups is 3. The van der Waals surface area contributed by atoms with Crippen molar-refractivity contribution in [3.8, 4) is 0 Å². The molecule has 0 amide bonds. The van der Waals surface area contributed by atoms with Crippen molar-refractivity contribution in [1.29, 1.82) is 0 Å². The number of hydrogen-bond donors (Lipinski definition) is 6. The van der Waals surface area contributed by atoms with Gasteiger partial charge in [0.15, 0.2) is 6.23 Å². The van der Waals surface area contributed by atoms with Gasteiger partial charge in [-0.1, -0.05) is 0 Å². The van der Waals surface area contributed by atoms with Crippen LogP contribution in [0.25, 0.3) is 0 Å². The van der Waals surface area contributed by atoms with Crippen molar-refractivity contribution >= 4 is 21.2 Å². The van der Waals surface area contributed by atoms with Crippen LogP contribution in [-0.4, -0.2) is 71.8 Å². The van der Waals surface area contributed by atoms with Crippen molar-refractivity contribution < 1.29 is 47.8 Å². The van der Waals surface area contributed by atoms with Gasteiger partial charge in [-0.3, -0.25) is 13.7 Å². The van der Waals surface area contributed by atoms with Crippen molar-refractivity contribution in [3.63, 3.8) is 0 Å². The Kier molecular flexibility index (Phi) is 7.16. The van der Waals surface area contributed by atoms with E-state index in [1.807, 2.05) is 0 Å². The number of nitrogens with zero attached hydrogens (tertiary/aromatic N) is 2. The van der Waals surface area contributed by atoms with Crippen LogP contribution < -0.4 is 11.4 Å². The first-order valence-corrected chi connectivity index (χ1v) is 11.1. The fraction of sp³-hybridized carbons (Fsp3) is 0.667.